The average Bonchev–Trinajstić information content (AvgIpc) is 3.13. The third kappa shape index (κ3) is 3.97. The molecule has 1 atom stereocenters. The van der Waals surface area contributed by atoms with Crippen LogP contribution in [-0.2, 0) is 6.42 Å². The zero-order valence-corrected chi connectivity index (χ0v) is 15.6. The molecule has 0 bridgehead atoms. The van der Waals surface area contributed by atoms with Crippen molar-refractivity contribution in [3.8, 4) is 23.3 Å². The van der Waals surface area contributed by atoms with E-state index in [1.165, 1.54) is 0 Å². The Morgan fingerprint density at radius 3 is 2.38 bits per heavy atom. The Hall–Kier alpha value is -3.66. The maximum absolute atomic E-state index is 9.84. The topological polar surface area (TPSA) is 91.3 Å². The molecule has 144 valence electrons. The molecule has 0 fully saturated rings. The van der Waals surface area contributed by atoms with Crippen molar-refractivity contribution in [2.75, 3.05) is 6.61 Å². The van der Waals surface area contributed by atoms with E-state index in [-0.39, 0.29) is 6.61 Å². The van der Waals surface area contributed by atoms with Gasteiger partial charge in [-0.05, 0) is 66.2 Å². The third-order valence-electron chi connectivity index (χ3n) is 4.64. The summed E-state index contributed by atoms with van der Waals surface area (Å²) in [4.78, 5) is 4.44. The first kappa shape index (κ1) is 18.7. The first-order valence-electron chi connectivity index (χ1n) is 9.20. The average molecular weight is 385 g/mol. The predicted molar refractivity (Wildman–Crippen MR) is 109 cm³/mol. The van der Waals surface area contributed by atoms with Crippen molar-refractivity contribution >= 4 is 11.0 Å². The Kier molecular flexibility index (Phi) is 5.25. The van der Waals surface area contributed by atoms with Gasteiger partial charge in [0, 0.05) is 24.5 Å². The second-order valence-electron chi connectivity index (χ2n) is 6.67. The molecule has 4 aromatic rings. The number of aliphatic hydroxyl groups excluding tert-OH is 2. The normalized spacial score (nSPS) is 11.9. The smallest absolute Gasteiger partial charge is 0.127 e. The first-order valence-corrected chi connectivity index (χ1v) is 9.20. The summed E-state index contributed by atoms with van der Waals surface area (Å²) < 4.78 is 7.84. The Morgan fingerprint density at radius 2 is 1.72 bits per heavy atom. The quantitative estimate of drug-likeness (QED) is 0.529. The molecule has 4 rings (SSSR count). The first-order chi connectivity index (χ1) is 14.2. The van der Waals surface area contributed by atoms with E-state index in [1.54, 1.807) is 30.5 Å². The molecule has 0 aliphatic heterocycles. The van der Waals surface area contributed by atoms with Gasteiger partial charge in [0.1, 0.15) is 11.5 Å². The monoisotopic (exact) mass is 385 g/mol. The summed E-state index contributed by atoms with van der Waals surface area (Å²) in [6, 6.07) is 20.5. The Morgan fingerprint density at radius 1 is 1.03 bits per heavy atom. The largest absolute Gasteiger partial charge is 0.457 e. The summed E-state index contributed by atoms with van der Waals surface area (Å²) in [6.07, 6.45) is 3.17. The van der Waals surface area contributed by atoms with E-state index in [2.05, 4.69) is 11.1 Å². The summed E-state index contributed by atoms with van der Waals surface area (Å²) in [6.45, 7) is -0.291. The van der Waals surface area contributed by atoms with E-state index in [4.69, 9.17) is 15.1 Å². The number of nitriles is 1. The minimum atomic E-state index is -0.820. The number of aromatic nitrogens is 2. The van der Waals surface area contributed by atoms with Gasteiger partial charge in [-0.3, -0.25) is 4.98 Å². The van der Waals surface area contributed by atoms with Crippen LogP contribution in [0.4, 0.5) is 0 Å². The van der Waals surface area contributed by atoms with Gasteiger partial charge in [-0.25, -0.2) is 0 Å². The van der Waals surface area contributed by atoms with Gasteiger partial charge in [0.25, 0.3) is 0 Å². The maximum Gasteiger partial charge on any atom is 0.127 e. The standard InChI is InChI=1S/C23H19N3O3/c24-13-16-3-7-20(8-4-16)29-21-9-5-18(6-10-21)26-14-17(12-19(28)15-27)23-22(26)2-1-11-25-23/h1-11,14,19,27-28H,12,15H2. The third-order valence-corrected chi connectivity index (χ3v) is 4.64. The van der Waals surface area contributed by atoms with Crippen molar-refractivity contribution < 1.29 is 14.9 Å². The lowest BCUT2D eigenvalue weighted by Gasteiger charge is -2.08. The Balaban J connectivity index is 1.61. The molecule has 29 heavy (non-hydrogen) atoms. The second-order valence-corrected chi connectivity index (χ2v) is 6.67. The summed E-state index contributed by atoms with van der Waals surface area (Å²) in [5.74, 6) is 1.34. The van der Waals surface area contributed by atoms with Crippen molar-refractivity contribution in [1.82, 2.24) is 9.55 Å². The van der Waals surface area contributed by atoms with Crippen LogP contribution in [0.2, 0.25) is 0 Å². The number of hydrogen-bond donors (Lipinski definition) is 2. The number of aliphatic hydroxyl groups is 2. The summed E-state index contributed by atoms with van der Waals surface area (Å²) in [7, 11) is 0. The van der Waals surface area contributed by atoms with E-state index in [0.717, 1.165) is 22.3 Å². The number of rotatable bonds is 6. The molecule has 0 saturated carbocycles. The van der Waals surface area contributed by atoms with Crippen molar-refractivity contribution in [2.24, 2.45) is 0 Å². The molecular formula is C23H19N3O3. The number of nitrogens with zero attached hydrogens (tertiary/aromatic N) is 3. The SMILES string of the molecule is N#Cc1ccc(Oc2ccc(-n3cc(CC(O)CO)c4ncccc43)cc2)cc1. The molecule has 2 heterocycles. The number of ether oxygens (including phenoxy) is 1. The van der Waals surface area contributed by atoms with Gasteiger partial charge in [0.05, 0.1) is 35.4 Å². The van der Waals surface area contributed by atoms with Gasteiger partial charge in [-0.15, -0.1) is 0 Å². The van der Waals surface area contributed by atoms with E-state index in [0.29, 0.717) is 23.5 Å². The maximum atomic E-state index is 9.84. The van der Waals surface area contributed by atoms with Crippen LogP contribution in [0.15, 0.2) is 73.1 Å². The number of fused-ring (bicyclic) bond motifs is 1. The molecule has 0 radical (unpaired) electrons. The molecule has 2 aromatic heterocycles. The van der Waals surface area contributed by atoms with E-state index >= 15 is 0 Å². The number of benzene rings is 2. The summed E-state index contributed by atoms with van der Waals surface area (Å²) in [5, 5.41) is 27.9. The predicted octanol–water partition coefficient (Wildman–Crippen LogP) is 3.59. The highest BCUT2D eigenvalue weighted by Gasteiger charge is 2.14. The highest BCUT2D eigenvalue weighted by atomic mass is 16.5. The van der Waals surface area contributed by atoms with Crippen molar-refractivity contribution in [3.05, 3.63) is 84.2 Å². The van der Waals surface area contributed by atoms with Crippen LogP contribution < -0.4 is 4.74 Å². The van der Waals surface area contributed by atoms with E-state index in [1.807, 2.05) is 47.2 Å². The fourth-order valence-corrected chi connectivity index (χ4v) is 3.21. The second kappa shape index (κ2) is 8.15. The number of pyridine rings is 1. The summed E-state index contributed by atoms with van der Waals surface area (Å²) in [5.41, 5.74) is 4.12. The van der Waals surface area contributed by atoms with Crippen LogP contribution in [0.1, 0.15) is 11.1 Å². The molecule has 6 nitrogen and oxygen atoms in total. The highest BCUT2D eigenvalue weighted by molar-refractivity contribution is 5.81. The van der Waals surface area contributed by atoms with Gasteiger partial charge < -0.3 is 19.5 Å². The van der Waals surface area contributed by atoms with Gasteiger partial charge in [-0.1, -0.05) is 0 Å². The fraction of sp³-hybridized carbons (Fsp3) is 0.130. The van der Waals surface area contributed by atoms with Crippen LogP contribution in [0.3, 0.4) is 0 Å². The molecule has 0 saturated heterocycles. The lowest BCUT2D eigenvalue weighted by molar-refractivity contribution is 0.0957. The Labute approximate surface area is 167 Å². The molecule has 0 aliphatic rings. The molecule has 2 aromatic carbocycles. The van der Waals surface area contributed by atoms with Crippen molar-refractivity contribution in [1.29, 1.82) is 5.26 Å². The molecule has 0 amide bonds. The zero-order chi connectivity index (χ0) is 20.2. The minimum absolute atomic E-state index is 0.291. The van der Waals surface area contributed by atoms with Crippen LogP contribution in [-0.4, -0.2) is 32.5 Å². The lowest BCUT2D eigenvalue weighted by atomic mass is 10.1. The molecule has 2 N–H and O–H groups in total. The zero-order valence-electron chi connectivity index (χ0n) is 15.6. The summed E-state index contributed by atoms with van der Waals surface area (Å²) >= 11 is 0. The highest BCUT2D eigenvalue weighted by Crippen LogP contribution is 2.27. The van der Waals surface area contributed by atoms with Crippen molar-refractivity contribution in [2.45, 2.75) is 12.5 Å². The fourth-order valence-electron chi connectivity index (χ4n) is 3.21. The van der Waals surface area contributed by atoms with Crippen LogP contribution in [0.25, 0.3) is 16.7 Å². The van der Waals surface area contributed by atoms with Gasteiger partial charge in [0.15, 0.2) is 0 Å². The van der Waals surface area contributed by atoms with Gasteiger partial charge >= 0.3 is 0 Å². The molecule has 6 heteroatoms. The van der Waals surface area contributed by atoms with Gasteiger partial charge in [0.2, 0.25) is 0 Å². The van der Waals surface area contributed by atoms with E-state index in [9.17, 15) is 5.11 Å². The van der Waals surface area contributed by atoms with Crippen LogP contribution in [0, 0.1) is 11.3 Å². The number of hydrogen-bond acceptors (Lipinski definition) is 5. The molecule has 0 aliphatic carbocycles. The van der Waals surface area contributed by atoms with Gasteiger partial charge in [-0.2, -0.15) is 5.26 Å². The molecule has 0 spiro atoms. The van der Waals surface area contributed by atoms with Crippen molar-refractivity contribution in [3.63, 3.8) is 0 Å². The lowest BCUT2D eigenvalue weighted by Crippen LogP contribution is -2.14. The molecule has 1 unspecified atom stereocenters. The molecular weight excluding hydrogens is 366 g/mol. The van der Waals surface area contributed by atoms with E-state index < -0.39 is 6.10 Å². The van der Waals surface area contributed by atoms with Crippen LogP contribution in [0.5, 0.6) is 11.5 Å². The minimum Gasteiger partial charge on any atom is -0.457 e. The van der Waals surface area contributed by atoms with Crippen LogP contribution >= 0.6 is 0 Å². The Bertz CT molecular complexity index is 1160.